The van der Waals surface area contributed by atoms with Crippen LogP contribution in [0.15, 0.2) is 170 Å². The molecule has 0 aliphatic heterocycles. The molecular formula is C50H44N2. The third-order valence-electron chi connectivity index (χ3n) is 11.0. The first-order chi connectivity index (χ1) is 25.8. The van der Waals surface area contributed by atoms with Gasteiger partial charge in [-0.05, 0) is 144 Å². The van der Waals surface area contributed by atoms with Crippen molar-refractivity contribution in [2.75, 3.05) is 9.80 Å². The van der Waals surface area contributed by atoms with Gasteiger partial charge in [0.1, 0.15) is 0 Å². The largest absolute Gasteiger partial charge is 0.310 e. The topological polar surface area (TPSA) is 6.48 Å². The van der Waals surface area contributed by atoms with Crippen LogP contribution in [0.25, 0.3) is 22.3 Å². The Hall–Kier alpha value is -5.86. The van der Waals surface area contributed by atoms with Gasteiger partial charge >= 0.3 is 0 Å². The van der Waals surface area contributed by atoms with Crippen LogP contribution in [-0.4, -0.2) is 0 Å². The van der Waals surface area contributed by atoms with Crippen LogP contribution in [-0.2, 0) is 25.7 Å². The molecule has 52 heavy (non-hydrogen) atoms. The summed E-state index contributed by atoms with van der Waals surface area (Å²) in [5.41, 5.74) is 18.8. The van der Waals surface area contributed by atoms with Crippen molar-refractivity contribution in [3.8, 4) is 22.3 Å². The lowest BCUT2D eigenvalue weighted by Gasteiger charge is -2.40. The first kappa shape index (κ1) is 32.1. The SMILES string of the molecule is c1ccc(-c2ccc(N(c3ccc(-c4ccccc4)cc3)c3c4c(c(N(c5ccccc5)c5ccccc5)c5c3CCCC5)CCCC4)cc2)cc1. The molecule has 0 heterocycles. The predicted octanol–water partition coefficient (Wildman–Crippen LogP) is 13.7. The molecule has 0 fully saturated rings. The fourth-order valence-corrected chi connectivity index (χ4v) is 8.60. The van der Waals surface area contributed by atoms with Crippen molar-refractivity contribution in [3.05, 3.63) is 192 Å². The highest BCUT2D eigenvalue weighted by molar-refractivity contribution is 5.91. The quantitative estimate of drug-likeness (QED) is 0.148. The third-order valence-corrected chi connectivity index (χ3v) is 11.0. The average molecular weight is 673 g/mol. The molecule has 2 heteroatoms. The lowest BCUT2D eigenvalue weighted by molar-refractivity contribution is 0.659. The Morgan fingerprint density at radius 3 is 0.808 bits per heavy atom. The highest BCUT2D eigenvalue weighted by atomic mass is 15.2. The molecule has 0 aromatic heterocycles. The maximum Gasteiger partial charge on any atom is 0.0532 e. The number of rotatable bonds is 8. The third kappa shape index (κ3) is 6.09. The summed E-state index contributed by atoms with van der Waals surface area (Å²) in [5, 5.41) is 0. The Morgan fingerprint density at radius 2 is 0.500 bits per heavy atom. The van der Waals surface area contributed by atoms with Crippen molar-refractivity contribution in [2.45, 2.75) is 51.4 Å². The van der Waals surface area contributed by atoms with Gasteiger partial charge in [-0.1, -0.05) is 121 Å². The zero-order chi connectivity index (χ0) is 34.7. The number of anilines is 6. The number of fused-ring (bicyclic) bond motifs is 2. The summed E-state index contributed by atoms with van der Waals surface area (Å²) in [7, 11) is 0. The number of para-hydroxylation sites is 2. The smallest absolute Gasteiger partial charge is 0.0532 e. The van der Waals surface area contributed by atoms with Gasteiger partial charge < -0.3 is 9.80 Å². The summed E-state index contributed by atoms with van der Waals surface area (Å²) in [6.07, 6.45) is 9.21. The second kappa shape index (κ2) is 14.4. The zero-order valence-electron chi connectivity index (χ0n) is 29.7. The molecule has 9 rings (SSSR count). The van der Waals surface area contributed by atoms with Gasteiger partial charge in [-0.2, -0.15) is 0 Å². The highest BCUT2D eigenvalue weighted by Gasteiger charge is 2.33. The summed E-state index contributed by atoms with van der Waals surface area (Å²) in [6, 6.07) is 62.1. The van der Waals surface area contributed by atoms with E-state index < -0.39 is 0 Å². The van der Waals surface area contributed by atoms with Crippen LogP contribution in [0.5, 0.6) is 0 Å². The fourth-order valence-electron chi connectivity index (χ4n) is 8.60. The van der Waals surface area contributed by atoms with E-state index in [0.29, 0.717) is 0 Å². The van der Waals surface area contributed by atoms with E-state index in [4.69, 9.17) is 0 Å². The van der Waals surface area contributed by atoms with Crippen molar-refractivity contribution >= 4 is 34.1 Å². The van der Waals surface area contributed by atoms with Gasteiger partial charge in [-0.25, -0.2) is 0 Å². The van der Waals surface area contributed by atoms with E-state index in [1.165, 1.54) is 104 Å². The number of hydrogen-bond acceptors (Lipinski definition) is 2. The molecule has 0 amide bonds. The molecule has 2 aliphatic carbocycles. The molecule has 254 valence electrons. The summed E-state index contributed by atoms with van der Waals surface area (Å²) in [4.78, 5) is 5.18. The number of benzene rings is 7. The van der Waals surface area contributed by atoms with Crippen LogP contribution in [0.3, 0.4) is 0 Å². The fraction of sp³-hybridized carbons (Fsp3) is 0.160. The lowest BCUT2D eigenvalue weighted by Crippen LogP contribution is -2.25. The maximum atomic E-state index is 2.61. The molecule has 0 unspecified atom stereocenters. The van der Waals surface area contributed by atoms with Crippen molar-refractivity contribution in [1.29, 1.82) is 0 Å². The van der Waals surface area contributed by atoms with Gasteiger partial charge in [-0.15, -0.1) is 0 Å². The minimum absolute atomic E-state index is 1.09. The van der Waals surface area contributed by atoms with E-state index in [9.17, 15) is 0 Å². The molecular weight excluding hydrogens is 629 g/mol. The van der Waals surface area contributed by atoms with Gasteiger partial charge in [-0.3, -0.25) is 0 Å². The van der Waals surface area contributed by atoms with Crippen LogP contribution >= 0.6 is 0 Å². The second-order valence-corrected chi connectivity index (χ2v) is 14.2. The minimum Gasteiger partial charge on any atom is -0.310 e. The highest BCUT2D eigenvalue weighted by Crippen LogP contribution is 2.52. The first-order valence-electron chi connectivity index (χ1n) is 19.0. The second-order valence-electron chi connectivity index (χ2n) is 14.2. The lowest BCUT2D eigenvalue weighted by atomic mass is 9.78. The van der Waals surface area contributed by atoms with Crippen LogP contribution < -0.4 is 9.80 Å². The Kier molecular flexibility index (Phi) is 8.88. The molecule has 0 spiro atoms. The Labute approximate surface area is 308 Å². The van der Waals surface area contributed by atoms with E-state index in [1.54, 1.807) is 0 Å². The van der Waals surface area contributed by atoms with Gasteiger partial charge in [0.25, 0.3) is 0 Å². The van der Waals surface area contributed by atoms with Crippen LogP contribution in [0.4, 0.5) is 34.1 Å². The van der Waals surface area contributed by atoms with E-state index in [-0.39, 0.29) is 0 Å². The van der Waals surface area contributed by atoms with Crippen molar-refractivity contribution in [1.82, 2.24) is 0 Å². The van der Waals surface area contributed by atoms with Gasteiger partial charge in [0.2, 0.25) is 0 Å². The standard InChI is InChI=1S/C50H44N2/c1-5-17-37(18-6-1)39-29-33-43(34-30-39)52(44-35-31-40(32-36-44)38-19-7-2-8-20-38)50-47-27-15-13-25-45(47)49(46-26-14-16-28-48(46)50)51(41-21-9-3-10-22-41)42-23-11-4-12-24-42/h1-12,17-24,29-36H,13-16,25-28H2. The van der Waals surface area contributed by atoms with E-state index in [1.807, 2.05) is 0 Å². The minimum atomic E-state index is 1.09. The Bertz CT molecular complexity index is 2100. The summed E-state index contributed by atoms with van der Waals surface area (Å²) < 4.78 is 0. The molecule has 0 saturated carbocycles. The van der Waals surface area contributed by atoms with Crippen LogP contribution in [0.2, 0.25) is 0 Å². The maximum absolute atomic E-state index is 2.61. The van der Waals surface area contributed by atoms with Crippen LogP contribution in [0.1, 0.15) is 47.9 Å². The molecule has 7 aromatic rings. The molecule has 0 saturated heterocycles. The molecule has 0 atom stereocenters. The van der Waals surface area contributed by atoms with E-state index in [0.717, 1.165) is 25.7 Å². The van der Waals surface area contributed by atoms with Gasteiger partial charge in [0, 0.05) is 22.7 Å². The predicted molar refractivity (Wildman–Crippen MR) is 220 cm³/mol. The summed E-state index contributed by atoms with van der Waals surface area (Å²) in [6.45, 7) is 0. The molecule has 2 nitrogen and oxygen atoms in total. The first-order valence-corrected chi connectivity index (χ1v) is 19.0. The Morgan fingerprint density at radius 1 is 0.250 bits per heavy atom. The van der Waals surface area contributed by atoms with Gasteiger partial charge in [0.15, 0.2) is 0 Å². The van der Waals surface area contributed by atoms with Crippen LogP contribution in [0, 0.1) is 0 Å². The van der Waals surface area contributed by atoms with Crippen molar-refractivity contribution in [3.63, 3.8) is 0 Å². The molecule has 0 N–H and O–H groups in total. The summed E-state index contributed by atoms with van der Waals surface area (Å²) >= 11 is 0. The molecule has 0 bridgehead atoms. The van der Waals surface area contributed by atoms with Crippen molar-refractivity contribution < 1.29 is 0 Å². The van der Waals surface area contributed by atoms with Crippen molar-refractivity contribution in [2.24, 2.45) is 0 Å². The zero-order valence-corrected chi connectivity index (χ0v) is 29.7. The molecule has 2 aliphatic rings. The molecule has 7 aromatic carbocycles. The monoisotopic (exact) mass is 672 g/mol. The molecule has 0 radical (unpaired) electrons. The normalized spacial score (nSPS) is 13.5. The van der Waals surface area contributed by atoms with E-state index in [2.05, 4.69) is 180 Å². The number of hydrogen-bond donors (Lipinski definition) is 0. The van der Waals surface area contributed by atoms with E-state index >= 15 is 0 Å². The van der Waals surface area contributed by atoms with Gasteiger partial charge in [0.05, 0.1) is 11.4 Å². The number of nitrogens with zero attached hydrogens (tertiary/aromatic N) is 2. The summed E-state index contributed by atoms with van der Waals surface area (Å²) in [5.74, 6) is 0. The average Bonchev–Trinajstić information content (AvgIpc) is 3.23. The Balaban J connectivity index is 1.28.